The third-order valence-electron chi connectivity index (χ3n) is 2.87. The molecule has 2 heterocycles. The highest BCUT2D eigenvalue weighted by Gasteiger charge is 2.29. The number of anilines is 1. The highest BCUT2D eigenvalue weighted by Crippen LogP contribution is 2.30. The van der Waals surface area contributed by atoms with Crippen LogP contribution in [0.5, 0.6) is 0 Å². The Kier molecular flexibility index (Phi) is 3.65. The van der Waals surface area contributed by atoms with Crippen molar-refractivity contribution >= 4 is 33.6 Å². The number of aromatic nitrogens is 1. The molecule has 0 bridgehead atoms. The van der Waals surface area contributed by atoms with E-state index in [1.165, 1.54) is 7.11 Å². The van der Waals surface area contributed by atoms with Crippen molar-refractivity contribution in [2.24, 2.45) is 0 Å². The minimum atomic E-state index is -0.329. The number of esters is 1. The lowest BCUT2D eigenvalue weighted by molar-refractivity contribution is -0.140. The van der Waals surface area contributed by atoms with Crippen LogP contribution in [0.25, 0.3) is 0 Å². The quantitative estimate of drug-likeness (QED) is 0.796. The molecule has 0 aromatic carbocycles. The third kappa shape index (κ3) is 2.38. The zero-order valence-corrected chi connectivity index (χ0v) is 11.8. The molecule has 2 rings (SSSR count). The van der Waals surface area contributed by atoms with E-state index in [9.17, 15) is 9.59 Å². The summed E-state index contributed by atoms with van der Waals surface area (Å²) >= 11 is 3.40. The van der Waals surface area contributed by atoms with Gasteiger partial charge >= 0.3 is 5.97 Å². The van der Waals surface area contributed by atoms with Crippen LogP contribution in [-0.2, 0) is 20.7 Å². The molecular weight excluding hydrogens is 300 g/mol. The molecule has 0 spiro atoms. The molecule has 0 N–H and O–H groups in total. The fourth-order valence-electron chi connectivity index (χ4n) is 1.88. The van der Waals surface area contributed by atoms with Crippen molar-refractivity contribution in [1.29, 1.82) is 0 Å². The van der Waals surface area contributed by atoms with E-state index in [-0.39, 0.29) is 18.3 Å². The van der Waals surface area contributed by atoms with Crippen LogP contribution in [0, 0.1) is 6.92 Å². The normalized spacial score (nSPS) is 13.7. The second-order valence-electron chi connectivity index (χ2n) is 4.09. The first-order valence-corrected chi connectivity index (χ1v) is 6.35. The van der Waals surface area contributed by atoms with E-state index in [0.717, 1.165) is 15.7 Å². The van der Waals surface area contributed by atoms with E-state index in [1.54, 1.807) is 4.90 Å². The minimum absolute atomic E-state index is 0.0288. The fraction of sp³-hybridized carbons (Fsp3) is 0.417. The maximum Gasteiger partial charge on any atom is 0.307 e. The monoisotopic (exact) mass is 312 g/mol. The zero-order chi connectivity index (χ0) is 13.3. The van der Waals surface area contributed by atoms with E-state index in [2.05, 4.69) is 25.7 Å². The Labute approximate surface area is 113 Å². The van der Waals surface area contributed by atoms with Crippen LogP contribution in [0.3, 0.4) is 0 Å². The number of fused-ring (bicyclic) bond motifs is 1. The molecule has 6 heteroatoms. The van der Waals surface area contributed by atoms with Gasteiger partial charge in [-0.15, -0.1) is 0 Å². The topological polar surface area (TPSA) is 59.5 Å². The number of pyridine rings is 1. The summed E-state index contributed by atoms with van der Waals surface area (Å²) < 4.78 is 5.46. The van der Waals surface area contributed by atoms with E-state index in [0.29, 0.717) is 18.8 Å². The van der Waals surface area contributed by atoms with Gasteiger partial charge < -0.3 is 4.74 Å². The number of nitrogens with zero attached hydrogens (tertiary/aromatic N) is 2. The summed E-state index contributed by atoms with van der Waals surface area (Å²) in [5, 5.41) is 0. The molecule has 1 aromatic rings. The van der Waals surface area contributed by atoms with E-state index >= 15 is 0 Å². The maximum atomic E-state index is 11.9. The number of methoxy groups -OCH3 is 1. The molecule has 0 radical (unpaired) electrons. The van der Waals surface area contributed by atoms with Gasteiger partial charge in [-0.25, -0.2) is 4.98 Å². The molecule has 1 aliphatic heterocycles. The smallest absolute Gasteiger partial charge is 0.307 e. The Hall–Kier alpha value is -1.43. The van der Waals surface area contributed by atoms with Gasteiger partial charge in [-0.1, -0.05) is 0 Å². The van der Waals surface area contributed by atoms with Gasteiger partial charge in [0.2, 0.25) is 5.91 Å². The number of carbonyl (C=O) groups is 2. The Morgan fingerprint density at radius 2 is 2.33 bits per heavy atom. The number of rotatable bonds is 3. The lowest BCUT2D eigenvalue weighted by Gasteiger charge is -2.16. The van der Waals surface area contributed by atoms with Gasteiger partial charge in [-0.3, -0.25) is 14.5 Å². The number of halogens is 1. The predicted octanol–water partition coefficient (Wildman–Crippen LogP) is 1.60. The summed E-state index contributed by atoms with van der Waals surface area (Å²) in [7, 11) is 1.33. The van der Waals surface area contributed by atoms with Crippen LogP contribution in [0.2, 0.25) is 0 Å². The maximum absolute atomic E-state index is 11.9. The van der Waals surface area contributed by atoms with Crippen molar-refractivity contribution in [2.75, 3.05) is 18.6 Å². The molecular formula is C12H13BrN2O3. The largest absolute Gasteiger partial charge is 0.469 e. The summed E-state index contributed by atoms with van der Waals surface area (Å²) in [4.78, 5) is 28.9. The highest BCUT2D eigenvalue weighted by atomic mass is 79.9. The molecule has 5 nitrogen and oxygen atoms in total. The summed E-state index contributed by atoms with van der Waals surface area (Å²) in [6.45, 7) is 2.18. The van der Waals surface area contributed by atoms with Crippen LogP contribution in [-0.4, -0.2) is 30.5 Å². The number of hydrogen-bond donors (Lipinski definition) is 0. The average Bonchev–Trinajstić information content (AvgIpc) is 2.62. The lowest BCUT2D eigenvalue weighted by Crippen LogP contribution is -2.30. The molecule has 1 aromatic heterocycles. The standard InChI is InChI=1S/C12H13BrN2O3/c1-7-9(13)5-8-6-10(16)15(12(8)14-7)4-3-11(17)18-2/h5H,3-4,6H2,1-2H3. The minimum Gasteiger partial charge on any atom is -0.469 e. The zero-order valence-electron chi connectivity index (χ0n) is 10.2. The lowest BCUT2D eigenvalue weighted by atomic mass is 10.2. The summed E-state index contributed by atoms with van der Waals surface area (Å²) in [6, 6.07) is 1.91. The molecule has 0 unspecified atom stereocenters. The van der Waals surface area contributed by atoms with E-state index in [4.69, 9.17) is 0 Å². The molecule has 0 saturated carbocycles. The molecule has 1 amide bonds. The van der Waals surface area contributed by atoms with Gasteiger partial charge in [0.05, 0.1) is 25.6 Å². The number of ether oxygens (including phenoxy) is 1. The van der Waals surface area contributed by atoms with Gasteiger partial charge in [0.15, 0.2) is 0 Å². The number of carbonyl (C=O) groups excluding carboxylic acids is 2. The SMILES string of the molecule is COC(=O)CCN1C(=O)Cc2cc(Br)c(C)nc21. The van der Waals surface area contributed by atoms with E-state index in [1.807, 2.05) is 13.0 Å². The third-order valence-corrected chi connectivity index (χ3v) is 3.68. The van der Waals surface area contributed by atoms with Crippen LogP contribution < -0.4 is 4.90 Å². The number of amides is 1. The fourth-order valence-corrected chi connectivity index (χ4v) is 2.25. The van der Waals surface area contributed by atoms with E-state index < -0.39 is 0 Å². The Bertz CT molecular complexity index is 516. The van der Waals surface area contributed by atoms with Crippen molar-refractivity contribution in [3.63, 3.8) is 0 Å². The highest BCUT2D eigenvalue weighted by molar-refractivity contribution is 9.10. The van der Waals surface area contributed by atoms with Crippen molar-refractivity contribution in [1.82, 2.24) is 4.98 Å². The Morgan fingerprint density at radius 1 is 1.61 bits per heavy atom. The first kappa shape index (κ1) is 13.0. The molecule has 1 aliphatic rings. The first-order valence-electron chi connectivity index (χ1n) is 5.56. The van der Waals surface area contributed by atoms with Gasteiger partial charge in [0.1, 0.15) is 5.82 Å². The molecule has 0 fully saturated rings. The van der Waals surface area contributed by atoms with Crippen molar-refractivity contribution in [2.45, 2.75) is 19.8 Å². The van der Waals surface area contributed by atoms with Crippen molar-refractivity contribution in [3.8, 4) is 0 Å². The summed E-state index contributed by atoms with van der Waals surface area (Å²) in [5.74, 6) is 0.300. The second kappa shape index (κ2) is 5.06. The second-order valence-corrected chi connectivity index (χ2v) is 4.94. The van der Waals surface area contributed by atoms with Crippen molar-refractivity contribution < 1.29 is 14.3 Å². The first-order chi connectivity index (χ1) is 8.52. The van der Waals surface area contributed by atoms with Gasteiger partial charge in [-0.2, -0.15) is 0 Å². The molecule has 0 aliphatic carbocycles. The molecule has 0 saturated heterocycles. The van der Waals surface area contributed by atoms with Gasteiger partial charge in [0.25, 0.3) is 0 Å². The van der Waals surface area contributed by atoms with Gasteiger partial charge in [0, 0.05) is 16.6 Å². The summed E-state index contributed by atoms with van der Waals surface area (Å²) in [5.41, 5.74) is 1.72. The molecule has 96 valence electrons. The van der Waals surface area contributed by atoms with Crippen LogP contribution in [0.15, 0.2) is 10.5 Å². The summed E-state index contributed by atoms with van der Waals surface area (Å²) in [6.07, 6.45) is 0.515. The Morgan fingerprint density at radius 3 is 3.00 bits per heavy atom. The van der Waals surface area contributed by atoms with Crippen molar-refractivity contribution in [3.05, 3.63) is 21.8 Å². The van der Waals surface area contributed by atoms with Crippen LogP contribution in [0.4, 0.5) is 5.82 Å². The predicted molar refractivity (Wildman–Crippen MR) is 69.4 cm³/mol. The number of hydrogen-bond acceptors (Lipinski definition) is 4. The number of aryl methyl sites for hydroxylation is 1. The van der Waals surface area contributed by atoms with Gasteiger partial charge in [-0.05, 0) is 28.9 Å². The Balaban J connectivity index is 2.22. The van der Waals surface area contributed by atoms with Crippen LogP contribution in [0.1, 0.15) is 17.7 Å². The van der Waals surface area contributed by atoms with Crippen LogP contribution >= 0.6 is 15.9 Å². The molecule has 0 atom stereocenters. The average molecular weight is 313 g/mol. The molecule has 18 heavy (non-hydrogen) atoms.